The molecule has 0 heterocycles. The fourth-order valence-corrected chi connectivity index (χ4v) is 2.09. The van der Waals surface area contributed by atoms with Crippen LogP contribution in [-0.2, 0) is 25.4 Å². The average molecular weight is 250 g/mol. The van der Waals surface area contributed by atoms with Gasteiger partial charge in [0.15, 0.2) is 0 Å². The maximum absolute atomic E-state index is 10.9. The Bertz CT molecular complexity index is 432. The van der Waals surface area contributed by atoms with Gasteiger partial charge in [0.05, 0.1) is 0 Å². The number of hydrogen-bond acceptors (Lipinski definition) is 4. The highest BCUT2D eigenvalue weighted by Crippen LogP contribution is 2.20. The highest BCUT2D eigenvalue weighted by Gasteiger charge is 2.24. The van der Waals surface area contributed by atoms with E-state index in [0.29, 0.717) is 0 Å². The van der Waals surface area contributed by atoms with Crippen LogP contribution in [0.25, 0.3) is 0 Å². The van der Waals surface area contributed by atoms with E-state index < -0.39 is 26.4 Å². The van der Waals surface area contributed by atoms with Crippen LogP contribution in [0.5, 0.6) is 0 Å². The van der Waals surface area contributed by atoms with Crippen LogP contribution in [0.4, 0.5) is 0 Å². The molecule has 15 heavy (non-hydrogen) atoms. The van der Waals surface area contributed by atoms with Gasteiger partial charge in [0.1, 0.15) is 11.0 Å². The summed E-state index contributed by atoms with van der Waals surface area (Å²) in [6.45, 7) is 3.26. The Morgan fingerprint density at radius 3 is 2.87 bits per heavy atom. The highest BCUT2D eigenvalue weighted by molar-refractivity contribution is 7.86. The largest absolute Gasteiger partial charge is 0.402 e. The first-order valence-corrected chi connectivity index (χ1v) is 6.62. The molecule has 0 bridgehead atoms. The van der Waals surface area contributed by atoms with E-state index in [1.807, 2.05) is 0 Å². The van der Waals surface area contributed by atoms with E-state index in [4.69, 9.17) is 8.74 Å². The van der Waals surface area contributed by atoms with Crippen molar-refractivity contribution in [2.75, 3.05) is 0 Å². The third-order valence-electron chi connectivity index (χ3n) is 1.72. The standard InChI is InChI=1S/C8H10O5S2/c1-2-14(9)13-7-4-3-5-8(6-7)15(10,11)12/h2-5,8H,1,6H2,(H,10,11,12). The normalized spacial score (nSPS) is 23.0. The average Bonchev–Trinajstić information content (AvgIpc) is 2.17. The Morgan fingerprint density at radius 2 is 2.33 bits per heavy atom. The van der Waals surface area contributed by atoms with Gasteiger partial charge in [-0.1, -0.05) is 18.7 Å². The third-order valence-corrected chi connectivity index (χ3v) is 3.46. The number of rotatable bonds is 4. The zero-order chi connectivity index (χ0) is 11.5. The van der Waals surface area contributed by atoms with Crippen LogP contribution in [0, 0.1) is 0 Å². The summed E-state index contributed by atoms with van der Waals surface area (Å²) in [6, 6.07) is 0. The molecule has 5 nitrogen and oxygen atoms in total. The van der Waals surface area contributed by atoms with Crippen LogP contribution >= 0.6 is 0 Å². The van der Waals surface area contributed by atoms with E-state index in [-0.39, 0.29) is 12.2 Å². The second kappa shape index (κ2) is 4.73. The summed E-state index contributed by atoms with van der Waals surface area (Å²) >= 11 is -1.68. The van der Waals surface area contributed by atoms with E-state index in [1.54, 1.807) is 0 Å². The summed E-state index contributed by atoms with van der Waals surface area (Å²) in [5.74, 6) is 0.235. The van der Waals surface area contributed by atoms with Crippen molar-refractivity contribution in [2.45, 2.75) is 11.7 Å². The van der Waals surface area contributed by atoms with Gasteiger partial charge in [0, 0.05) is 11.8 Å². The fraction of sp³-hybridized carbons (Fsp3) is 0.250. The molecule has 0 aromatic heterocycles. The minimum Gasteiger partial charge on any atom is -0.402 e. The van der Waals surface area contributed by atoms with Gasteiger partial charge in [-0.25, -0.2) is 4.21 Å². The first-order valence-electron chi connectivity index (χ1n) is 3.98. The molecule has 0 aliphatic heterocycles. The maximum atomic E-state index is 10.9. The van der Waals surface area contributed by atoms with E-state index in [2.05, 4.69) is 6.58 Å². The molecule has 2 atom stereocenters. The van der Waals surface area contributed by atoms with Crippen molar-refractivity contribution in [3.8, 4) is 0 Å². The topological polar surface area (TPSA) is 80.7 Å². The lowest BCUT2D eigenvalue weighted by atomic mass is 10.1. The molecule has 84 valence electrons. The molecule has 0 aromatic rings. The number of allylic oxidation sites excluding steroid dienone is 3. The monoisotopic (exact) mass is 250 g/mol. The van der Waals surface area contributed by atoms with Gasteiger partial charge in [-0.3, -0.25) is 4.55 Å². The molecular weight excluding hydrogens is 240 g/mol. The summed E-state index contributed by atoms with van der Waals surface area (Å²) in [6.07, 6.45) is 4.22. The molecule has 7 heteroatoms. The molecule has 1 rings (SSSR count). The molecule has 1 N–H and O–H groups in total. The third kappa shape index (κ3) is 3.61. The molecule has 1 aliphatic rings. The van der Waals surface area contributed by atoms with Crippen molar-refractivity contribution in [3.63, 3.8) is 0 Å². The second-order valence-electron chi connectivity index (χ2n) is 2.79. The lowest BCUT2D eigenvalue weighted by Gasteiger charge is -2.14. The van der Waals surface area contributed by atoms with E-state index in [9.17, 15) is 12.6 Å². The van der Waals surface area contributed by atoms with Crippen LogP contribution in [0.15, 0.2) is 36.0 Å². The molecule has 1 aliphatic carbocycles. The maximum Gasteiger partial charge on any atom is 0.271 e. The van der Waals surface area contributed by atoms with Crippen LogP contribution < -0.4 is 0 Å². The molecule has 0 saturated carbocycles. The fourth-order valence-electron chi connectivity index (χ4n) is 1.03. The van der Waals surface area contributed by atoms with Gasteiger partial charge >= 0.3 is 0 Å². The Kier molecular flexibility index (Phi) is 3.83. The minimum absolute atomic E-state index is 0.0328. The van der Waals surface area contributed by atoms with Gasteiger partial charge in [-0.15, -0.1) is 0 Å². The quantitative estimate of drug-likeness (QED) is 0.750. The highest BCUT2D eigenvalue weighted by atomic mass is 32.2. The van der Waals surface area contributed by atoms with Crippen LogP contribution in [0.2, 0.25) is 0 Å². The van der Waals surface area contributed by atoms with Crippen molar-refractivity contribution in [1.29, 1.82) is 0 Å². The van der Waals surface area contributed by atoms with Crippen LogP contribution in [0.1, 0.15) is 6.42 Å². The molecule has 0 aromatic carbocycles. The van der Waals surface area contributed by atoms with Gasteiger partial charge in [-0.05, 0) is 6.08 Å². The van der Waals surface area contributed by atoms with Crippen LogP contribution in [0.3, 0.4) is 0 Å². The van der Waals surface area contributed by atoms with Crippen molar-refractivity contribution >= 4 is 21.2 Å². The van der Waals surface area contributed by atoms with Crippen molar-refractivity contribution < 1.29 is 21.4 Å². The van der Waals surface area contributed by atoms with Crippen molar-refractivity contribution in [3.05, 3.63) is 36.0 Å². The molecule has 0 spiro atoms. The summed E-state index contributed by atoms with van der Waals surface area (Å²) in [5, 5.41) is 0.0426. The number of hydrogen-bond donors (Lipinski definition) is 1. The van der Waals surface area contributed by atoms with Gasteiger partial charge in [0.25, 0.3) is 10.1 Å². The molecule has 0 saturated heterocycles. The van der Waals surface area contributed by atoms with Crippen LogP contribution in [-0.4, -0.2) is 22.4 Å². The Morgan fingerprint density at radius 1 is 1.67 bits per heavy atom. The lowest BCUT2D eigenvalue weighted by molar-refractivity contribution is 0.424. The summed E-state index contributed by atoms with van der Waals surface area (Å²) < 4.78 is 46.2. The predicted molar refractivity (Wildman–Crippen MR) is 56.6 cm³/mol. The van der Waals surface area contributed by atoms with Gasteiger partial charge in [0.2, 0.25) is 11.1 Å². The van der Waals surface area contributed by atoms with E-state index in [1.165, 1.54) is 18.2 Å². The Labute approximate surface area is 90.5 Å². The summed E-state index contributed by atoms with van der Waals surface area (Å²) in [7, 11) is -4.13. The van der Waals surface area contributed by atoms with Crippen molar-refractivity contribution in [2.24, 2.45) is 0 Å². The zero-order valence-corrected chi connectivity index (χ0v) is 9.33. The van der Waals surface area contributed by atoms with E-state index >= 15 is 0 Å². The van der Waals surface area contributed by atoms with Crippen molar-refractivity contribution in [1.82, 2.24) is 0 Å². The Balaban J connectivity index is 2.73. The smallest absolute Gasteiger partial charge is 0.271 e. The zero-order valence-electron chi connectivity index (χ0n) is 7.70. The summed E-state index contributed by atoms with van der Waals surface area (Å²) in [5.41, 5.74) is 0. The minimum atomic E-state index is -4.13. The van der Waals surface area contributed by atoms with E-state index in [0.717, 1.165) is 5.41 Å². The van der Waals surface area contributed by atoms with Gasteiger partial charge < -0.3 is 4.18 Å². The molecule has 0 fully saturated rings. The predicted octanol–water partition coefficient (Wildman–Crippen LogP) is 0.910. The second-order valence-corrected chi connectivity index (χ2v) is 5.44. The molecule has 2 unspecified atom stereocenters. The SMILES string of the molecule is C=CS(=O)OC1=CC=CC(S(=O)(=O)O)C1. The lowest BCUT2D eigenvalue weighted by Crippen LogP contribution is -2.21. The molecular formula is C8H10O5S2. The Hall–Kier alpha value is -0.920. The summed E-state index contributed by atoms with van der Waals surface area (Å²) in [4.78, 5) is 0. The van der Waals surface area contributed by atoms with Gasteiger partial charge in [-0.2, -0.15) is 8.42 Å². The molecule has 0 amide bonds. The first-order chi connectivity index (χ1) is 6.93. The molecule has 0 radical (unpaired) electrons. The first kappa shape index (κ1) is 12.2.